The molecule has 13 heteroatoms. The Bertz CT molecular complexity index is 2360. The second-order valence-electron chi connectivity index (χ2n) is 15.5. The number of primary amides is 1. The molecule has 3 aromatic carbocycles. The number of likely N-dealkylation sites (tertiary alicyclic amines) is 2. The van der Waals surface area contributed by atoms with E-state index in [0.29, 0.717) is 19.5 Å². The van der Waals surface area contributed by atoms with Crippen LogP contribution in [0, 0.1) is 0 Å². The van der Waals surface area contributed by atoms with Crippen LogP contribution in [0.5, 0.6) is 0 Å². The van der Waals surface area contributed by atoms with Crippen LogP contribution in [-0.2, 0) is 20.7 Å². The lowest BCUT2D eigenvalue weighted by molar-refractivity contribution is -0.138. The van der Waals surface area contributed by atoms with Gasteiger partial charge < -0.3 is 30.2 Å². The first-order valence-electron chi connectivity index (χ1n) is 21.0. The molecular weight excluding hydrogens is 773 g/mol. The number of benzene rings is 3. The molecule has 2 aliphatic heterocycles. The van der Waals surface area contributed by atoms with E-state index in [1.807, 2.05) is 57.9 Å². The van der Waals surface area contributed by atoms with Gasteiger partial charge in [-0.1, -0.05) is 98.8 Å². The number of carbonyl (C=O) groups is 3. The van der Waals surface area contributed by atoms with Crippen LogP contribution in [0.4, 0.5) is 4.79 Å². The van der Waals surface area contributed by atoms with Crippen molar-refractivity contribution in [3.63, 3.8) is 0 Å². The van der Waals surface area contributed by atoms with Gasteiger partial charge in [0.05, 0.1) is 42.3 Å². The van der Waals surface area contributed by atoms with Crippen LogP contribution in [-0.4, -0.2) is 84.8 Å². The Labute approximate surface area is 354 Å². The molecule has 0 spiro atoms. The predicted octanol–water partition coefficient (Wildman–Crippen LogP) is 8.70. The highest BCUT2D eigenvalue weighted by Gasteiger charge is 2.38. The fourth-order valence-corrected chi connectivity index (χ4v) is 9.60. The van der Waals surface area contributed by atoms with E-state index in [2.05, 4.69) is 89.4 Å². The summed E-state index contributed by atoms with van der Waals surface area (Å²) in [6, 6.07) is 30.2. The number of hydrogen-bond donors (Lipinski definition) is 3. The van der Waals surface area contributed by atoms with Crippen LogP contribution in [0.25, 0.3) is 33.6 Å². The van der Waals surface area contributed by atoms with Crippen molar-refractivity contribution in [2.24, 2.45) is 5.73 Å². The Kier molecular flexibility index (Phi) is 12.5. The fourth-order valence-electron chi connectivity index (χ4n) is 8.83. The fraction of sp³-hybridized carbons (Fsp3) is 0.340. The third-order valence-electron chi connectivity index (χ3n) is 11.9. The summed E-state index contributed by atoms with van der Waals surface area (Å²) >= 11 is 1.56. The van der Waals surface area contributed by atoms with Gasteiger partial charge in [-0.2, -0.15) is 0 Å². The lowest BCUT2D eigenvalue weighted by atomic mass is 10.0. The van der Waals surface area contributed by atoms with E-state index in [-0.39, 0.29) is 36.4 Å². The van der Waals surface area contributed by atoms with Crippen molar-refractivity contribution >= 4 is 29.2 Å². The van der Waals surface area contributed by atoms with Crippen LogP contribution in [0.15, 0.2) is 109 Å². The average Bonchev–Trinajstić information content (AvgIpc) is 4.12. The molecule has 0 aliphatic carbocycles. The third-order valence-corrected chi connectivity index (χ3v) is 12.8. The highest BCUT2D eigenvalue weighted by Crippen LogP contribution is 2.37. The molecule has 4 atom stereocenters. The van der Waals surface area contributed by atoms with E-state index in [1.54, 1.807) is 11.3 Å². The van der Waals surface area contributed by atoms with Crippen molar-refractivity contribution in [1.82, 2.24) is 34.6 Å². The van der Waals surface area contributed by atoms with Crippen molar-refractivity contribution in [3.05, 3.63) is 131 Å². The number of ether oxygens (including phenoxy) is 1. The van der Waals surface area contributed by atoms with E-state index in [9.17, 15) is 14.4 Å². The molecular formula is C47H52N8O4S. The van der Waals surface area contributed by atoms with Crippen molar-refractivity contribution in [2.75, 3.05) is 26.2 Å². The summed E-state index contributed by atoms with van der Waals surface area (Å²) in [6.07, 6.45) is 6.17. The number of thiophene rings is 1. The summed E-state index contributed by atoms with van der Waals surface area (Å²) in [4.78, 5) is 63.0. The Morgan fingerprint density at radius 3 is 1.85 bits per heavy atom. The minimum Gasteiger partial charge on any atom is -0.445 e. The lowest BCUT2D eigenvalue weighted by Crippen LogP contribution is -2.43. The van der Waals surface area contributed by atoms with E-state index in [1.165, 1.54) is 0 Å². The molecule has 0 bridgehead atoms. The zero-order valence-corrected chi connectivity index (χ0v) is 34.9. The number of likely N-dealkylation sites (N-methyl/N-ethyl adjacent to an activating group) is 1. The monoisotopic (exact) mass is 824 g/mol. The zero-order chi connectivity index (χ0) is 41.6. The maximum Gasteiger partial charge on any atom is 0.404 e. The van der Waals surface area contributed by atoms with E-state index < -0.39 is 12.2 Å². The van der Waals surface area contributed by atoms with Crippen LogP contribution in [0.3, 0.4) is 0 Å². The summed E-state index contributed by atoms with van der Waals surface area (Å²) in [5.74, 6) is 1.61. The number of carbonyl (C=O) groups excluding carboxylic acids is 3. The molecule has 2 fully saturated rings. The molecule has 0 saturated carbocycles. The number of aromatic amines is 2. The van der Waals surface area contributed by atoms with Crippen LogP contribution in [0.1, 0.15) is 86.2 Å². The predicted molar refractivity (Wildman–Crippen MR) is 234 cm³/mol. The SMILES string of the molecule is CCN(CC)C(C(=O)N1CCCC1c1ncc(-c2ccc(-c3ccc(-c4cnc([C@@H]5CCCN5C(=O)C[C@@H](Cc5cccs5)OC(N)=O)[nH]4)cc3)cc2)[nH]1)c1ccccc1. The Morgan fingerprint density at radius 2 is 1.32 bits per heavy atom. The van der Waals surface area contributed by atoms with Crippen LogP contribution in [0.2, 0.25) is 0 Å². The van der Waals surface area contributed by atoms with Crippen molar-refractivity contribution in [1.29, 1.82) is 0 Å². The summed E-state index contributed by atoms with van der Waals surface area (Å²) < 4.78 is 5.34. The minimum absolute atomic E-state index is 0.0605. The number of hydrogen-bond acceptors (Lipinski definition) is 8. The van der Waals surface area contributed by atoms with Gasteiger partial charge in [-0.3, -0.25) is 14.5 Å². The number of amides is 3. The number of nitrogens with two attached hydrogens (primary N) is 1. The van der Waals surface area contributed by atoms with Gasteiger partial charge in [0.2, 0.25) is 11.8 Å². The first-order chi connectivity index (χ1) is 29.3. The third kappa shape index (κ3) is 8.92. The second kappa shape index (κ2) is 18.5. The summed E-state index contributed by atoms with van der Waals surface area (Å²) in [7, 11) is 0. The molecule has 12 nitrogen and oxygen atoms in total. The number of nitrogens with one attached hydrogen (secondary N) is 2. The Balaban J connectivity index is 0.908. The highest BCUT2D eigenvalue weighted by molar-refractivity contribution is 7.09. The topological polar surface area (TPSA) is 154 Å². The molecule has 6 aromatic rings. The molecule has 4 N–H and O–H groups in total. The van der Waals surface area contributed by atoms with E-state index in [4.69, 9.17) is 20.4 Å². The molecule has 60 heavy (non-hydrogen) atoms. The molecule has 2 unspecified atom stereocenters. The van der Waals surface area contributed by atoms with Gasteiger partial charge >= 0.3 is 6.09 Å². The normalized spacial score (nSPS) is 17.6. The lowest BCUT2D eigenvalue weighted by Gasteiger charge is -2.34. The first kappa shape index (κ1) is 40.7. The van der Waals surface area contributed by atoms with Gasteiger partial charge in [-0.25, -0.2) is 14.8 Å². The van der Waals surface area contributed by atoms with Gasteiger partial charge in [0.25, 0.3) is 0 Å². The van der Waals surface area contributed by atoms with E-state index >= 15 is 0 Å². The largest absolute Gasteiger partial charge is 0.445 e. The quantitative estimate of drug-likeness (QED) is 0.0937. The van der Waals surface area contributed by atoms with Crippen LogP contribution < -0.4 is 5.73 Å². The molecule has 310 valence electrons. The van der Waals surface area contributed by atoms with Gasteiger partial charge in [0, 0.05) is 24.4 Å². The van der Waals surface area contributed by atoms with Gasteiger partial charge in [0.1, 0.15) is 23.8 Å². The van der Waals surface area contributed by atoms with Crippen LogP contribution >= 0.6 is 11.3 Å². The standard InChI is InChI=1S/C47H52N8O4S/c1-3-53(4-2)43(35-11-6-5-7-12-35)46(57)55-25-9-15-41(55)45-50-30-39(52-45)34-22-18-32(19-23-34)31-16-20-33(21-17-31)38-29-49-44(51-38)40-14-8-24-54(40)42(56)28-36(59-47(48)58)27-37-13-10-26-60-37/h5-7,10-13,16-23,26,29-30,36,40-41,43H,3-4,8-9,14-15,24-25,27-28H2,1-2H3,(H2,48,58)(H,49,51)(H,50,52)/t36-,40+,41?,43?/m1/s1. The molecule has 3 aromatic heterocycles. The molecule has 2 aliphatic rings. The minimum atomic E-state index is -0.880. The van der Waals surface area contributed by atoms with Crippen molar-refractivity contribution < 1.29 is 19.1 Å². The maximum atomic E-state index is 14.2. The van der Waals surface area contributed by atoms with Gasteiger partial charge in [0.15, 0.2) is 0 Å². The number of aromatic nitrogens is 4. The number of nitrogens with zero attached hydrogens (tertiary/aromatic N) is 5. The van der Waals surface area contributed by atoms with Crippen molar-refractivity contribution in [2.45, 2.75) is 76.6 Å². The molecule has 0 radical (unpaired) electrons. The smallest absolute Gasteiger partial charge is 0.404 e. The Morgan fingerprint density at radius 1 is 0.767 bits per heavy atom. The first-order valence-corrected chi connectivity index (χ1v) is 21.9. The van der Waals surface area contributed by atoms with Crippen molar-refractivity contribution in [3.8, 4) is 33.6 Å². The van der Waals surface area contributed by atoms with Gasteiger partial charge in [-0.05, 0) is 78.0 Å². The molecule has 8 rings (SSSR count). The van der Waals surface area contributed by atoms with Gasteiger partial charge in [-0.15, -0.1) is 11.3 Å². The Hall–Kier alpha value is -6.05. The number of rotatable bonds is 15. The zero-order valence-electron chi connectivity index (χ0n) is 34.1. The summed E-state index contributed by atoms with van der Waals surface area (Å²) in [5, 5.41) is 1.96. The summed E-state index contributed by atoms with van der Waals surface area (Å²) in [5.41, 5.74) is 12.4. The molecule has 5 heterocycles. The number of H-pyrrole nitrogens is 2. The maximum absolute atomic E-state index is 14.2. The average molecular weight is 825 g/mol. The highest BCUT2D eigenvalue weighted by atomic mass is 32.1. The number of imidazole rings is 2. The second-order valence-corrected chi connectivity index (χ2v) is 16.6. The summed E-state index contributed by atoms with van der Waals surface area (Å²) in [6.45, 7) is 7.13. The molecule has 2 saturated heterocycles. The van der Waals surface area contributed by atoms with E-state index in [0.717, 1.165) is 94.5 Å². The molecule has 3 amide bonds.